The van der Waals surface area contributed by atoms with Gasteiger partial charge in [-0.2, -0.15) is 0 Å². The van der Waals surface area contributed by atoms with Gasteiger partial charge in [-0.1, -0.05) is 0 Å². The number of carbonyl (C=O) groups is 2. The fourth-order valence-corrected chi connectivity index (χ4v) is 2.70. The average molecular weight is 290 g/mol. The van der Waals surface area contributed by atoms with Gasteiger partial charge in [0.25, 0.3) is 0 Å². The normalized spacial score (nSPS) is 19.4. The largest absolute Gasteiger partial charge is 0.444 e. The minimum Gasteiger partial charge on any atom is -0.444 e. The predicted octanol–water partition coefficient (Wildman–Crippen LogP) is 1.06. The van der Waals surface area contributed by atoms with Gasteiger partial charge in [-0.05, 0) is 20.8 Å². The van der Waals surface area contributed by atoms with E-state index in [0.717, 1.165) is 0 Å². The number of amides is 2. The molecule has 7 heteroatoms. The SMILES string of the molecule is COCCNC(=O)[C@H]1CSCN1C(=O)OC(C)(C)C. The molecule has 19 heavy (non-hydrogen) atoms. The summed E-state index contributed by atoms with van der Waals surface area (Å²) in [6.07, 6.45) is -0.440. The van der Waals surface area contributed by atoms with E-state index >= 15 is 0 Å². The molecule has 1 aliphatic heterocycles. The van der Waals surface area contributed by atoms with Crippen molar-refractivity contribution in [2.75, 3.05) is 31.9 Å². The van der Waals surface area contributed by atoms with Crippen molar-refractivity contribution in [2.45, 2.75) is 32.4 Å². The highest BCUT2D eigenvalue weighted by molar-refractivity contribution is 7.99. The lowest BCUT2D eigenvalue weighted by atomic mass is 10.2. The second-order valence-corrected chi connectivity index (χ2v) is 6.25. The lowest BCUT2D eigenvalue weighted by molar-refractivity contribution is -0.125. The summed E-state index contributed by atoms with van der Waals surface area (Å²) in [7, 11) is 1.57. The van der Waals surface area contributed by atoms with Gasteiger partial charge in [-0.25, -0.2) is 4.79 Å². The van der Waals surface area contributed by atoms with Crippen LogP contribution in [0.3, 0.4) is 0 Å². The van der Waals surface area contributed by atoms with Crippen LogP contribution < -0.4 is 5.32 Å². The molecule has 1 saturated heterocycles. The Labute approximate surface area is 118 Å². The van der Waals surface area contributed by atoms with Gasteiger partial charge in [0.2, 0.25) is 5.91 Å². The maximum atomic E-state index is 12.0. The van der Waals surface area contributed by atoms with E-state index in [1.807, 2.05) is 20.8 Å². The maximum absolute atomic E-state index is 12.0. The molecule has 0 aliphatic carbocycles. The fraction of sp³-hybridized carbons (Fsp3) is 0.833. The van der Waals surface area contributed by atoms with Crippen LogP contribution in [-0.4, -0.2) is 60.4 Å². The number of nitrogens with zero attached hydrogens (tertiary/aromatic N) is 1. The van der Waals surface area contributed by atoms with E-state index in [1.54, 1.807) is 18.9 Å². The highest BCUT2D eigenvalue weighted by atomic mass is 32.2. The summed E-state index contributed by atoms with van der Waals surface area (Å²) >= 11 is 1.55. The summed E-state index contributed by atoms with van der Waals surface area (Å²) in [5.41, 5.74) is -0.554. The molecular formula is C12H22N2O4S. The molecule has 0 bridgehead atoms. The summed E-state index contributed by atoms with van der Waals surface area (Å²) in [6.45, 7) is 6.32. The van der Waals surface area contributed by atoms with Crippen LogP contribution in [-0.2, 0) is 14.3 Å². The fourth-order valence-electron chi connectivity index (χ4n) is 1.55. The van der Waals surface area contributed by atoms with Gasteiger partial charge < -0.3 is 14.8 Å². The van der Waals surface area contributed by atoms with E-state index in [-0.39, 0.29) is 5.91 Å². The minimum absolute atomic E-state index is 0.159. The van der Waals surface area contributed by atoms with Crippen LogP contribution in [0.4, 0.5) is 4.79 Å². The summed E-state index contributed by atoms with van der Waals surface area (Å²) in [5.74, 6) is 0.919. The smallest absolute Gasteiger partial charge is 0.411 e. The molecule has 0 aromatic rings. The van der Waals surface area contributed by atoms with E-state index in [9.17, 15) is 9.59 Å². The molecule has 1 rings (SSSR count). The van der Waals surface area contributed by atoms with Crippen molar-refractivity contribution >= 4 is 23.8 Å². The monoisotopic (exact) mass is 290 g/mol. The maximum Gasteiger partial charge on any atom is 0.411 e. The van der Waals surface area contributed by atoms with Crippen LogP contribution in [0, 0.1) is 0 Å². The average Bonchev–Trinajstić information content (AvgIpc) is 2.75. The molecule has 0 spiro atoms. The van der Waals surface area contributed by atoms with E-state index in [2.05, 4.69) is 5.32 Å². The lowest BCUT2D eigenvalue weighted by Crippen LogP contribution is -2.49. The zero-order valence-electron chi connectivity index (χ0n) is 11.9. The van der Waals surface area contributed by atoms with Crippen LogP contribution in [0.2, 0.25) is 0 Å². The third-order valence-corrected chi connectivity index (χ3v) is 3.43. The number of hydrogen-bond donors (Lipinski definition) is 1. The molecule has 0 aromatic heterocycles. The summed E-state index contributed by atoms with van der Waals surface area (Å²) < 4.78 is 10.2. The first-order valence-electron chi connectivity index (χ1n) is 6.19. The van der Waals surface area contributed by atoms with Gasteiger partial charge in [0, 0.05) is 19.4 Å². The Balaban J connectivity index is 2.53. The summed E-state index contributed by atoms with van der Waals surface area (Å²) in [4.78, 5) is 25.4. The Kier molecular flexibility index (Phi) is 5.93. The van der Waals surface area contributed by atoms with E-state index in [4.69, 9.17) is 9.47 Å². The van der Waals surface area contributed by atoms with Gasteiger partial charge in [-0.15, -0.1) is 11.8 Å². The van der Waals surface area contributed by atoms with Crippen molar-refractivity contribution < 1.29 is 19.1 Å². The number of rotatable bonds is 4. The quantitative estimate of drug-likeness (QED) is 0.784. The van der Waals surface area contributed by atoms with Gasteiger partial charge in [0.05, 0.1) is 12.5 Å². The second kappa shape index (κ2) is 7.00. The molecule has 0 unspecified atom stereocenters. The zero-order valence-corrected chi connectivity index (χ0v) is 12.7. The van der Waals surface area contributed by atoms with Crippen LogP contribution in [0.25, 0.3) is 0 Å². The first-order valence-corrected chi connectivity index (χ1v) is 7.34. The van der Waals surface area contributed by atoms with Crippen molar-refractivity contribution in [3.05, 3.63) is 0 Å². The first-order chi connectivity index (χ1) is 8.85. The third-order valence-electron chi connectivity index (χ3n) is 2.42. The number of methoxy groups -OCH3 is 1. The predicted molar refractivity (Wildman–Crippen MR) is 74.1 cm³/mol. The molecule has 0 saturated carbocycles. The number of ether oxygens (including phenoxy) is 2. The molecule has 6 nitrogen and oxygen atoms in total. The molecular weight excluding hydrogens is 268 g/mol. The number of carbonyl (C=O) groups excluding carboxylic acids is 2. The molecule has 0 aromatic carbocycles. The van der Waals surface area contributed by atoms with Gasteiger partial charge in [-0.3, -0.25) is 9.69 Å². The number of thioether (sulfide) groups is 1. The Morgan fingerprint density at radius 1 is 1.42 bits per heavy atom. The van der Waals surface area contributed by atoms with Gasteiger partial charge in [0.15, 0.2) is 0 Å². The van der Waals surface area contributed by atoms with Gasteiger partial charge in [0.1, 0.15) is 11.6 Å². The van der Waals surface area contributed by atoms with Crippen molar-refractivity contribution in [3.63, 3.8) is 0 Å². The second-order valence-electron chi connectivity index (χ2n) is 5.25. The van der Waals surface area contributed by atoms with Crippen LogP contribution in [0.15, 0.2) is 0 Å². The van der Waals surface area contributed by atoms with E-state index < -0.39 is 17.7 Å². The van der Waals surface area contributed by atoms with Gasteiger partial charge >= 0.3 is 6.09 Å². The number of nitrogens with one attached hydrogen (secondary N) is 1. The Morgan fingerprint density at radius 3 is 2.68 bits per heavy atom. The van der Waals surface area contributed by atoms with Crippen LogP contribution in [0.5, 0.6) is 0 Å². The van der Waals surface area contributed by atoms with Crippen LogP contribution >= 0.6 is 11.8 Å². The number of hydrogen-bond acceptors (Lipinski definition) is 5. The third kappa shape index (κ3) is 5.28. The molecule has 1 aliphatic rings. The van der Waals surface area contributed by atoms with Crippen LogP contribution in [0.1, 0.15) is 20.8 Å². The minimum atomic E-state index is -0.554. The zero-order chi connectivity index (χ0) is 14.5. The Bertz CT molecular complexity index is 330. The molecule has 1 atom stereocenters. The Morgan fingerprint density at radius 2 is 2.11 bits per heavy atom. The Hall–Kier alpha value is -0.950. The van der Waals surface area contributed by atoms with Crippen molar-refractivity contribution in [1.82, 2.24) is 10.2 Å². The topological polar surface area (TPSA) is 67.9 Å². The highest BCUT2D eigenvalue weighted by Gasteiger charge is 2.36. The molecule has 0 radical (unpaired) electrons. The highest BCUT2D eigenvalue weighted by Crippen LogP contribution is 2.23. The lowest BCUT2D eigenvalue weighted by Gasteiger charge is -2.27. The van der Waals surface area contributed by atoms with Crippen molar-refractivity contribution in [3.8, 4) is 0 Å². The summed E-state index contributed by atoms with van der Waals surface area (Å²) in [5, 5.41) is 2.75. The molecule has 110 valence electrons. The molecule has 1 heterocycles. The van der Waals surface area contributed by atoms with Crippen molar-refractivity contribution in [1.29, 1.82) is 0 Å². The molecule has 1 fully saturated rings. The molecule has 2 amide bonds. The molecule has 1 N–H and O–H groups in total. The van der Waals surface area contributed by atoms with E-state index in [1.165, 1.54) is 4.90 Å². The first kappa shape index (κ1) is 16.1. The van der Waals surface area contributed by atoms with E-state index in [0.29, 0.717) is 24.8 Å². The summed E-state index contributed by atoms with van der Waals surface area (Å²) in [6, 6.07) is -0.461. The van der Waals surface area contributed by atoms with Crippen molar-refractivity contribution in [2.24, 2.45) is 0 Å². The standard InChI is InChI=1S/C12H22N2O4S/c1-12(2,3)18-11(16)14-8-19-7-9(14)10(15)13-5-6-17-4/h9H,5-8H2,1-4H3,(H,13,15)/t9-/m1/s1.